The van der Waals surface area contributed by atoms with Gasteiger partial charge in [-0.2, -0.15) is 0 Å². The Labute approximate surface area is 181 Å². The number of carbonyl (C=O) groups excluding carboxylic acids is 2. The number of ketones is 1. The minimum Gasteiger partial charge on any atom is -0.325 e. The van der Waals surface area contributed by atoms with Crippen LogP contribution in [0.5, 0.6) is 0 Å². The first-order chi connectivity index (χ1) is 14.7. The summed E-state index contributed by atoms with van der Waals surface area (Å²) in [5.74, 6) is -0.674. The van der Waals surface area contributed by atoms with E-state index in [2.05, 4.69) is 10.3 Å². The molecular weight excluding hydrogens is 414 g/mol. The highest BCUT2D eigenvalue weighted by molar-refractivity contribution is 7.92. The fourth-order valence-corrected chi connectivity index (χ4v) is 3.90. The van der Waals surface area contributed by atoms with Gasteiger partial charge in [0.1, 0.15) is 6.54 Å². The molecule has 1 heterocycles. The lowest BCUT2D eigenvalue weighted by Crippen LogP contribution is -2.37. The molecule has 0 radical (unpaired) electrons. The van der Waals surface area contributed by atoms with Gasteiger partial charge in [-0.05, 0) is 60.9 Å². The molecule has 0 spiro atoms. The van der Waals surface area contributed by atoms with Gasteiger partial charge < -0.3 is 5.32 Å². The number of nitrogens with zero attached hydrogens (tertiary/aromatic N) is 2. The van der Waals surface area contributed by atoms with Crippen LogP contribution in [0.2, 0.25) is 0 Å². The Morgan fingerprint density at radius 2 is 1.61 bits per heavy atom. The van der Waals surface area contributed by atoms with Crippen LogP contribution in [-0.4, -0.2) is 37.9 Å². The summed E-state index contributed by atoms with van der Waals surface area (Å²) in [5.41, 5.74) is 3.40. The van der Waals surface area contributed by atoms with Gasteiger partial charge in [0.05, 0.1) is 11.9 Å². The average Bonchev–Trinajstić information content (AvgIpc) is 2.73. The molecule has 1 N–H and O–H groups in total. The average molecular weight is 438 g/mol. The van der Waals surface area contributed by atoms with Crippen LogP contribution in [-0.2, 0) is 21.2 Å². The molecule has 7 nitrogen and oxygen atoms in total. The van der Waals surface area contributed by atoms with E-state index < -0.39 is 22.5 Å². The van der Waals surface area contributed by atoms with E-state index in [0.717, 1.165) is 28.1 Å². The van der Waals surface area contributed by atoms with Gasteiger partial charge in [0.25, 0.3) is 0 Å². The molecule has 0 fully saturated rings. The lowest BCUT2D eigenvalue weighted by atomic mass is 10.1. The third kappa shape index (κ3) is 6.23. The monoisotopic (exact) mass is 437 g/mol. The Morgan fingerprint density at radius 1 is 0.968 bits per heavy atom. The Kier molecular flexibility index (Phi) is 6.81. The molecule has 3 rings (SSSR count). The zero-order valence-corrected chi connectivity index (χ0v) is 18.1. The molecule has 0 saturated carbocycles. The highest BCUT2D eigenvalue weighted by atomic mass is 32.2. The number of aromatic nitrogens is 1. The number of nitrogens with one attached hydrogen (secondary N) is 1. The topological polar surface area (TPSA) is 96.4 Å². The molecule has 160 valence electrons. The van der Waals surface area contributed by atoms with E-state index in [0.29, 0.717) is 11.3 Å². The number of anilines is 2. The Bertz CT molecular complexity index is 1180. The summed E-state index contributed by atoms with van der Waals surface area (Å²) in [7, 11) is -3.73. The van der Waals surface area contributed by atoms with Crippen molar-refractivity contribution in [3.05, 3.63) is 89.7 Å². The maximum atomic E-state index is 12.5. The first-order valence-corrected chi connectivity index (χ1v) is 11.4. The van der Waals surface area contributed by atoms with Crippen molar-refractivity contribution >= 4 is 33.1 Å². The number of carbonyl (C=O) groups is 2. The SMILES string of the molecule is CC(=O)c1cccc(N(CC(=O)Nc2ccc(Cc3ccncc3)cc2)S(C)(=O)=O)c1. The molecule has 0 aliphatic carbocycles. The number of pyridine rings is 1. The summed E-state index contributed by atoms with van der Waals surface area (Å²) in [6.07, 6.45) is 5.24. The highest BCUT2D eigenvalue weighted by Crippen LogP contribution is 2.20. The number of benzene rings is 2. The van der Waals surface area contributed by atoms with Crippen molar-refractivity contribution in [2.24, 2.45) is 0 Å². The molecule has 0 unspecified atom stereocenters. The molecule has 8 heteroatoms. The molecule has 0 atom stereocenters. The van der Waals surface area contributed by atoms with E-state index in [1.807, 2.05) is 24.3 Å². The summed E-state index contributed by atoms with van der Waals surface area (Å²) in [6, 6.07) is 17.4. The summed E-state index contributed by atoms with van der Waals surface area (Å²) in [6.45, 7) is 0.994. The van der Waals surface area contributed by atoms with Crippen LogP contribution in [0.3, 0.4) is 0 Å². The smallest absolute Gasteiger partial charge is 0.245 e. The van der Waals surface area contributed by atoms with Gasteiger partial charge in [-0.25, -0.2) is 8.42 Å². The van der Waals surface area contributed by atoms with Crippen LogP contribution < -0.4 is 9.62 Å². The number of amides is 1. The number of Topliss-reactive ketones (excluding diaryl/α,β-unsaturated/α-hetero) is 1. The molecule has 3 aromatic rings. The van der Waals surface area contributed by atoms with Gasteiger partial charge in [0.15, 0.2) is 5.78 Å². The van der Waals surface area contributed by atoms with Crippen molar-refractivity contribution < 1.29 is 18.0 Å². The third-order valence-electron chi connectivity index (χ3n) is 4.62. The van der Waals surface area contributed by atoms with Gasteiger partial charge in [0, 0.05) is 23.6 Å². The summed E-state index contributed by atoms with van der Waals surface area (Å²) < 4.78 is 25.5. The number of hydrogen-bond acceptors (Lipinski definition) is 5. The molecule has 0 aliphatic heterocycles. The molecule has 1 amide bonds. The van der Waals surface area contributed by atoms with Gasteiger partial charge in [-0.15, -0.1) is 0 Å². The van der Waals surface area contributed by atoms with Crippen LogP contribution in [0.25, 0.3) is 0 Å². The van der Waals surface area contributed by atoms with E-state index in [-0.39, 0.29) is 11.5 Å². The van der Waals surface area contributed by atoms with E-state index in [4.69, 9.17) is 0 Å². The predicted octanol–water partition coefficient (Wildman–Crippen LogP) is 3.28. The van der Waals surface area contributed by atoms with Crippen LogP contribution in [0.4, 0.5) is 11.4 Å². The fourth-order valence-electron chi connectivity index (χ4n) is 3.05. The Hall–Kier alpha value is -3.52. The Balaban J connectivity index is 1.70. The minimum atomic E-state index is -3.73. The van der Waals surface area contributed by atoms with Crippen molar-refractivity contribution in [2.75, 3.05) is 22.4 Å². The largest absolute Gasteiger partial charge is 0.325 e. The van der Waals surface area contributed by atoms with E-state index in [1.54, 1.807) is 42.7 Å². The number of hydrogen-bond donors (Lipinski definition) is 1. The maximum absolute atomic E-state index is 12.5. The van der Waals surface area contributed by atoms with Gasteiger partial charge in [-0.1, -0.05) is 24.3 Å². The predicted molar refractivity (Wildman–Crippen MR) is 121 cm³/mol. The van der Waals surface area contributed by atoms with Crippen LogP contribution in [0, 0.1) is 0 Å². The van der Waals surface area contributed by atoms with Crippen LogP contribution in [0.15, 0.2) is 73.1 Å². The van der Waals surface area contributed by atoms with Gasteiger partial charge >= 0.3 is 0 Å². The number of rotatable bonds is 8. The summed E-state index contributed by atoms with van der Waals surface area (Å²) in [4.78, 5) is 28.2. The minimum absolute atomic E-state index is 0.188. The maximum Gasteiger partial charge on any atom is 0.245 e. The molecule has 0 saturated heterocycles. The molecule has 0 bridgehead atoms. The Morgan fingerprint density at radius 3 is 2.23 bits per heavy atom. The molecule has 2 aromatic carbocycles. The van der Waals surface area contributed by atoms with E-state index in [1.165, 1.54) is 13.0 Å². The summed E-state index contributed by atoms with van der Waals surface area (Å²) in [5, 5.41) is 2.72. The second-order valence-electron chi connectivity index (χ2n) is 7.15. The van der Waals surface area contributed by atoms with Crippen molar-refractivity contribution in [2.45, 2.75) is 13.3 Å². The lowest BCUT2D eigenvalue weighted by Gasteiger charge is -2.22. The van der Waals surface area contributed by atoms with E-state index in [9.17, 15) is 18.0 Å². The van der Waals surface area contributed by atoms with Crippen LogP contribution in [0.1, 0.15) is 28.4 Å². The second kappa shape index (κ2) is 9.53. The second-order valence-corrected chi connectivity index (χ2v) is 9.06. The quantitative estimate of drug-likeness (QED) is 0.546. The fraction of sp³-hybridized carbons (Fsp3) is 0.174. The molecular formula is C23H23N3O4S. The standard InChI is InChI=1S/C23H23N3O4S/c1-17(27)20-4-3-5-22(15-20)26(31(2,29)30)16-23(28)25-21-8-6-18(7-9-21)14-19-10-12-24-13-11-19/h3-13,15H,14,16H2,1-2H3,(H,25,28). The number of sulfonamides is 1. The van der Waals surface area contributed by atoms with Crippen molar-refractivity contribution in [1.82, 2.24) is 4.98 Å². The van der Waals surface area contributed by atoms with Crippen molar-refractivity contribution in [3.8, 4) is 0 Å². The van der Waals surface area contributed by atoms with Crippen LogP contribution >= 0.6 is 0 Å². The van der Waals surface area contributed by atoms with E-state index >= 15 is 0 Å². The van der Waals surface area contributed by atoms with Gasteiger partial charge in [-0.3, -0.25) is 18.9 Å². The molecule has 31 heavy (non-hydrogen) atoms. The zero-order chi connectivity index (χ0) is 22.4. The normalized spacial score (nSPS) is 11.0. The summed E-state index contributed by atoms with van der Waals surface area (Å²) >= 11 is 0. The lowest BCUT2D eigenvalue weighted by molar-refractivity contribution is -0.114. The molecule has 0 aliphatic rings. The van der Waals surface area contributed by atoms with Gasteiger partial charge in [0.2, 0.25) is 15.9 Å². The van der Waals surface area contributed by atoms with Crippen molar-refractivity contribution in [3.63, 3.8) is 0 Å². The van der Waals surface area contributed by atoms with Crippen molar-refractivity contribution in [1.29, 1.82) is 0 Å². The third-order valence-corrected chi connectivity index (χ3v) is 5.76. The highest BCUT2D eigenvalue weighted by Gasteiger charge is 2.21. The first kappa shape index (κ1) is 22.2. The molecule has 1 aromatic heterocycles. The zero-order valence-electron chi connectivity index (χ0n) is 17.3. The first-order valence-electron chi connectivity index (χ1n) is 9.59.